The molecule has 2 N–H and O–H groups in total. The van der Waals surface area contributed by atoms with Crippen molar-refractivity contribution in [3.63, 3.8) is 0 Å². The summed E-state index contributed by atoms with van der Waals surface area (Å²) in [7, 11) is -3.74. The first-order valence-corrected chi connectivity index (χ1v) is 6.55. The Labute approximate surface area is 99.4 Å². The fourth-order valence-corrected chi connectivity index (χ4v) is 2.67. The first kappa shape index (κ1) is 11.9. The number of rotatable bonds is 2. The van der Waals surface area contributed by atoms with Crippen molar-refractivity contribution in [1.29, 1.82) is 0 Å². The van der Waals surface area contributed by atoms with E-state index in [1.54, 1.807) is 0 Å². The highest BCUT2D eigenvalue weighted by atomic mass is 32.2. The molecule has 0 spiro atoms. The van der Waals surface area contributed by atoms with Crippen LogP contribution in [0.3, 0.4) is 0 Å². The predicted molar refractivity (Wildman–Crippen MR) is 61.8 cm³/mol. The van der Waals surface area contributed by atoms with Gasteiger partial charge in [-0.1, -0.05) is 13.8 Å². The molecule has 0 unspecified atom stereocenters. The number of nitrogens with two attached hydrogens (primary N) is 1. The number of amidine groups is 1. The summed E-state index contributed by atoms with van der Waals surface area (Å²) in [4.78, 5) is 4.19. The predicted octanol–water partition coefficient (Wildman–Crippen LogP) is 0.431. The van der Waals surface area contributed by atoms with Crippen LogP contribution in [0.25, 0.3) is 0 Å². The number of hydrazine groups is 1. The van der Waals surface area contributed by atoms with Crippen LogP contribution < -0.4 is 5.84 Å². The van der Waals surface area contributed by atoms with Crippen molar-refractivity contribution < 1.29 is 8.42 Å². The topological polar surface area (TPSA) is 102 Å². The Bertz CT molecular complexity index is 567. The smallest absolute Gasteiger partial charge is 0.232 e. The molecule has 0 fully saturated rings. The van der Waals surface area contributed by atoms with Gasteiger partial charge in [-0.3, -0.25) is 0 Å². The van der Waals surface area contributed by atoms with Crippen molar-refractivity contribution in [2.45, 2.75) is 25.2 Å². The van der Waals surface area contributed by atoms with Crippen LogP contribution in [0.5, 0.6) is 0 Å². The fraction of sp³-hybridized carbons (Fsp3) is 0.444. The minimum Gasteiger partial charge on any atom is -0.232 e. The number of aliphatic imine (C=N–C) groups is 1. The van der Waals surface area contributed by atoms with Crippen molar-refractivity contribution in [2.75, 3.05) is 0 Å². The zero-order valence-corrected chi connectivity index (χ0v) is 10.3. The number of fused-ring (bicyclic) bond motifs is 1. The first-order chi connectivity index (χ1) is 7.93. The van der Waals surface area contributed by atoms with E-state index in [2.05, 4.69) is 15.2 Å². The fourth-order valence-electron chi connectivity index (χ4n) is 1.52. The van der Waals surface area contributed by atoms with Gasteiger partial charge in [-0.05, 0) is 5.92 Å². The summed E-state index contributed by atoms with van der Waals surface area (Å²) < 4.78 is 24.8. The van der Waals surface area contributed by atoms with Crippen LogP contribution in [-0.4, -0.2) is 28.9 Å². The maximum atomic E-state index is 12.0. The van der Waals surface area contributed by atoms with E-state index in [0.29, 0.717) is 12.3 Å². The van der Waals surface area contributed by atoms with E-state index in [4.69, 9.17) is 5.84 Å². The van der Waals surface area contributed by atoms with E-state index in [1.807, 2.05) is 13.8 Å². The van der Waals surface area contributed by atoms with Gasteiger partial charge in [0.2, 0.25) is 0 Å². The average Bonchev–Trinajstić information content (AvgIpc) is 2.25. The molecule has 0 atom stereocenters. The zero-order valence-electron chi connectivity index (χ0n) is 9.53. The van der Waals surface area contributed by atoms with Crippen LogP contribution >= 0.6 is 0 Å². The molecule has 2 heterocycles. The Morgan fingerprint density at radius 2 is 2.00 bits per heavy atom. The number of hydrogen-bond donors (Lipinski definition) is 1. The van der Waals surface area contributed by atoms with Gasteiger partial charge in [0.05, 0.1) is 12.4 Å². The Morgan fingerprint density at radius 3 is 2.65 bits per heavy atom. The molecular formula is C9H13N5O2S. The molecule has 7 nitrogen and oxygen atoms in total. The summed E-state index contributed by atoms with van der Waals surface area (Å²) in [6.07, 6.45) is 2.96. The third kappa shape index (κ3) is 2.01. The quantitative estimate of drug-likeness (QED) is 0.772. The van der Waals surface area contributed by atoms with Crippen LogP contribution in [0, 0.1) is 5.92 Å². The lowest BCUT2D eigenvalue weighted by Crippen LogP contribution is -2.44. The van der Waals surface area contributed by atoms with Gasteiger partial charge in [-0.25, -0.2) is 10.8 Å². The van der Waals surface area contributed by atoms with E-state index in [-0.39, 0.29) is 16.5 Å². The van der Waals surface area contributed by atoms with Gasteiger partial charge >= 0.3 is 0 Å². The van der Waals surface area contributed by atoms with Crippen LogP contribution in [0.1, 0.15) is 20.3 Å². The highest BCUT2D eigenvalue weighted by molar-refractivity contribution is 7.89. The molecular weight excluding hydrogens is 242 g/mol. The minimum absolute atomic E-state index is 0.0116. The maximum absolute atomic E-state index is 12.0. The van der Waals surface area contributed by atoms with Crippen molar-refractivity contribution in [3.05, 3.63) is 12.4 Å². The summed E-state index contributed by atoms with van der Waals surface area (Å²) in [6.45, 7) is 3.92. The highest BCUT2D eigenvalue weighted by Gasteiger charge is 2.32. The molecule has 0 saturated heterocycles. The normalized spacial score (nSPS) is 17.9. The summed E-state index contributed by atoms with van der Waals surface area (Å²) in [5.41, 5.74) is 0.289. The molecule has 0 amide bonds. The molecule has 0 aliphatic carbocycles. The molecule has 0 saturated carbocycles. The molecule has 17 heavy (non-hydrogen) atoms. The SMILES string of the molecule is CC(C)CC1=Nc2cnncc2S(=O)(=O)N1N. The van der Waals surface area contributed by atoms with Gasteiger partial charge in [0.25, 0.3) is 10.0 Å². The monoisotopic (exact) mass is 255 g/mol. The zero-order chi connectivity index (χ0) is 12.6. The number of aromatic nitrogens is 2. The molecule has 0 bridgehead atoms. The van der Waals surface area contributed by atoms with Crippen molar-refractivity contribution in [3.8, 4) is 0 Å². The van der Waals surface area contributed by atoms with Crippen LogP contribution in [0.4, 0.5) is 5.69 Å². The molecule has 92 valence electrons. The second kappa shape index (κ2) is 4.04. The summed E-state index contributed by atoms with van der Waals surface area (Å²) in [5.74, 6) is 6.16. The number of sulfonamides is 1. The van der Waals surface area contributed by atoms with E-state index in [1.165, 1.54) is 6.20 Å². The molecule has 0 aromatic carbocycles. The molecule has 1 aromatic rings. The summed E-state index contributed by atoms with van der Waals surface area (Å²) in [6, 6.07) is 0. The van der Waals surface area contributed by atoms with E-state index < -0.39 is 10.0 Å². The Hall–Kier alpha value is -1.54. The van der Waals surface area contributed by atoms with Gasteiger partial charge in [0.15, 0.2) is 0 Å². The minimum atomic E-state index is -3.74. The van der Waals surface area contributed by atoms with Crippen LogP contribution in [0.15, 0.2) is 22.3 Å². The Kier molecular flexibility index (Phi) is 2.84. The third-order valence-electron chi connectivity index (χ3n) is 2.31. The standard InChI is InChI=1S/C9H13N5O2S/c1-6(2)3-9-13-7-4-11-12-5-8(7)17(15,16)14(9)10/h4-6H,3,10H2,1-2H3. The lowest BCUT2D eigenvalue weighted by atomic mass is 10.1. The lowest BCUT2D eigenvalue weighted by Gasteiger charge is -2.25. The summed E-state index contributed by atoms with van der Waals surface area (Å²) >= 11 is 0. The van der Waals surface area contributed by atoms with Gasteiger partial charge < -0.3 is 0 Å². The number of hydrogen-bond acceptors (Lipinski definition) is 6. The molecule has 8 heteroatoms. The van der Waals surface area contributed by atoms with Crippen molar-refractivity contribution >= 4 is 21.5 Å². The Morgan fingerprint density at radius 1 is 1.35 bits per heavy atom. The average molecular weight is 255 g/mol. The molecule has 1 aliphatic heterocycles. The highest BCUT2D eigenvalue weighted by Crippen LogP contribution is 2.30. The third-order valence-corrected chi connectivity index (χ3v) is 3.90. The van der Waals surface area contributed by atoms with Crippen molar-refractivity contribution in [2.24, 2.45) is 16.8 Å². The molecule has 1 aromatic heterocycles. The lowest BCUT2D eigenvalue weighted by molar-refractivity contribution is 0.515. The second-order valence-electron chi connectivity index (χ2n) is 4.17. The maximum Gasteiger partial charge on any atom is 0.282 e. The largest absolute Gasteiger partial charge is 0.282 e. The van der Waals surface area contributed by atoms with E-state index in [9.17, 15) is 8.42 Å². The number of nitrogens with zero attached hydrogens (tertiary/aromatic N) is 4. The van der Waals surface area contributed by atoms with Crippen molar-refractivity contribution in [1.82, 2.24) is 14.6 Å². The Balaban J connectivity index is 2.57. The molecule has 0 radical (unpaired) electrons. The van der Waals surface area contributed by atoms with Gasteiger partial charge in [-0.2, -0.15) is 23.0 Å². The van der Waals surface area contributed by atoms with Crippen LogP contribution in [-0.2, 0) is 10.0 Å². The van der Waals surface area contributed by atoms with Gasteiger partial charge in [0, 0.05) is 6.42 Å². The second-order valence-corrected chi connectivity index (χ2v) is 5.95. The van der Waals surface area contributed by atoms with Crippen LogP contribution in [0.2, 0.25) is 0 Å². The van der Waals surface area contributed by atoms with Gasteiger partial charge in [0.1, 0.15) is 16.4 Å². The summed E-state index contributed by atoms with van der Waals surface area (Å²) in [5, 5.41) is 7.15. The van der Waals surface area contributed by atoms with E-state index in [0.717, 1.165) is 10.6 Å². The van der Waals surface area contributed by atoms with Gasteiger partial charge in [-0.15, -0.1) is 0 Å². The molecule has 2 rings (SSSR count). The molecule has 1 aliphatic rings. The first-order valence-electron chi connectivity index (χ1n) is 5.11. The van der Waals surface area contributed by atoms with E-state index >= 15 is 0 Å².